The fourth-order valence-corrected chi connectivity index (χ4v) is 3.65. The van der Waals surface area contributed by atoms with Crippen LogP contribution in [0, 0.1) is 13.8 Å². The number of hydrogen-bond donors (Lipinski definition) is 1. The molecule has 0 atom stereocenters. The second-order valence-corrected chi connectivity index (χ2v) is 8.12. The van der Waals surface area contributed by atoms with Crippen LogP contribution in [0.4, 0.5) is 0 Å². The number of thiophene rings is 1. The molecule has 5 heteroatoms. The predicted molar refractivity (Wildman–Crippen MR) is 106 cm³/mol. The van der Waals surface area contributed by atoms with Gasteiger partial charge in [0.2, 0.25) is 5.91 Å². The van der Waals surface area contributed by atoms with Crippen LogP contribution in [-0.4, -0.2) is 24.3 Å². The molecular weight excluding hydrogens is 346 g/mol. The molecular formula is C21H27NO3S. The van der Waals surface area contributed by atoms with Crippen LogP contribution in [0.25, 0.3) is 0 Å². The first kappa shape index (κ1) is 20.2. The van der Waals surface area contributed by atoms with Gasteiger partial charge in [0.1, 0.15) is 5.75 Å². The van der Waals surface area contributed by atoms with E-state index in [9.17, 15) is 9.59 Å². The van der Waals surface area contributed by atoms with Gasteiger partial charge in [-0.25, -0.2) is 0 Å². The van der Waals surface area contributed by atoms with Gasteiger partial charge < -0.3 is 10.1 Å². The first-order valence-corrected chi connectivity index (χ1v) is 9.79. The van der Waals surface area contributed by atoms with Crippen molar-refractivity contribution in [2.24, 2.45) is 0 Å². The SMILES string of the molecule is Cc1cc(C(=O)CCC(=O)NCCc2ccc(OC(C)C)cc2)c(C)s1. The summed E-state index contributed by atoms with van der Waals surface area (Å²) in [7, 11) is 0. The number of Topliss-reactive ketones (excluding diaryl/α,β-unsaturated/α-hetero) is 1. The lowest BCUT2D eigenvalue weighted by Gasteiger charge is -2.10. The van der Waals surface area contributed by atoms with Crippen molar-refractivity contribution in [3.8, 4) is 5.75 Å². The van der Waals surface area contributed by atoms with Crippen LogP contribution in [0.2, 0.25) is 0 Å². The summed E-state index contributed by atoms with van der Waals surface area (Å²) in [5.41, 5.74) is 1.89. The Morgan fingerprint density at radius 3 is 2.38 bits per heavy atom. The van der Waals surface area contributed by atoms with Crippen LogP contribution in [0.15, 0.2) is 30.3 Å². The summed E-state index contributed by atoms with van der Waals surface area (Å²) in [5, 5.41) is 2.88. The Morgan fingerprint density at radius 2 is 1.81 bits per heavy atom. The van der Waals surface area contributed by atoms with Crippen LogP contribution in [0.3, 0.4) is 0 Å². The smallest absolute Gasteiger partial charge is 0.220 e. The highest BCUT2D eigenvalue weighted by molar-refractivity contribution is 7.12. The molecule has 1 aromatic carbocycles. The van der Waals surface area contributed by atoms with Crippen molar-refractivity contribution in [1.82, 2.24) is 5.32 Å². The molecule has 2 rings (SSSR count). The molecule has 0 aliphatic rings. The van der Waals surface area contributed by atoms with E-state index >= 15 is 0 Å². The third-order valence-electron chi connectivity index (χ3n) is 3.95. The van der Waals surface area contributed by atoms with E-state index in [4.69, 9.17) is 4.74 Å². The maximum absolute atomic E-state index is 12.2. The molecule has 140 valence electrons. The van der Waals surface area contributed by atoms with Gasteiger partial charge >= 0.3 is 0 Å². The Kier molecular flexibility index (Phi) is 7.39. The molecule has 0 saturated heterocycles. The predicted octanol–water partition coefficient (Wildman–Crippen LogP) is 4.47. The van der Waals surface area contributed by atoms with E-state index < -0.39 is 0 Å². The number of nitrogens with one attached hydrogen (secondary N) is 1. The lowest BCUT2D eigenvalue weighted by molar-refractivity contribution is -0.121. The Bertz CT molecular complexity index is 747. The molecule has 0 spiro atoms. The topological polar surface area (TPSA) is 55.4 Å². The number of benzene rings is 1. The number of hydrogen-bond acceptors (Lipinski definition) is 4. The average Bonchev–Trinajstić information content (AvgIpc) is 2.92. The van der Waals surface area contributed by atoms with Crippen LogP contribution in [0.1, 0.15) is 52.4 Å². The van der Waals surface area contributed by atoms with Crippen molar-refractivity contribution < 1.29 is 14.3 Å². The van der Waals surface area contributed by atoms with Gasteiger partial charge in [-0.15, -0.1) is 11.3 Å². The zero-order chi connectivity index (χ0) is 19.1. The number of carbonyl (C=O) groups excluding carboxylic acids is 2. The molecule has 0 bridgehead atoms. The van der Waals surface area contributed by atoms with Gasteiger partial charge in [-0.1, -0.05) is 12.1 Å². The zero-order valence-corrected chi connectivity index (χ0v) is 16.7. The van der Waals surface area contributed by atoms with Crippen LogP contribution >= 0.6 is 11.3 Å². The van der Waals surface area contributed by atoms with Crippen molar-refractivity contribution >= 4 is 23.0 Å². The highest BCUT2D eigenvalue weighted by Crippen LogP contribution is 2.22. The molecule has 0 radical (unpaired) electrons. The third-order valence-corrected chi connectivity index (χ3v) is 4.92. The largest absolute Gasteiger partial charge is 0.491 e. The van der Waals surface area contributed by atoms with Gasteiger partial charge in [-0.3, -0.25) is 9.59 Å². The molecule has 4 nitrogen and oxygen atoms in total. The minimum absolute atomic E-state index is 0.0442. The minimum atomic E-state index is -0.0808. The Labute approximate surface area is 159 Å². The molecule has 1 amide bonds. The van der Waals surface area contributed by atoms with E-state index in [0.29, 0.717) is 6.54 Å². The van der Waals surface area contributed by atoms with E-state index in [1.54, 1.807) is 11.3 Å². The quantitative estimate of drug-likeness (QED) is 0.660. The first-order valence-electron chi connectivity index (χ1n) is 8.97. The summed E-state index contributed by atoms with van der Waals surface area (Å²) in [4.78, 5) is 26.3. The highest BCUT2D eigenvalue weighted by atomic mass is 32.1. The highest BCUT2D eigenvalue weighted by Gasteiger charge is 2.13. The fraction of sp³-hybridized carbons (Fsp3) is 0.429. The second-order valence-electron chi connectivity index (χ2n) is 6.66. The lowest BCUT2D eigenvalue weighted by Crippen LogP contribution is -2.26. The van der Waals surface area contributed by atoms with Gasteiger partial charge in [0, 0.05) is 34.7 Å². The van der Waals surface area contributed by atoms with E-state index in [2.05, 4.69) is 5.32 Å². The number of amides is 1. The van der Waals surface area contributed by atoms with E-state index in [-0.39, 0.29) is 30.6 Å². The van der Waals surface area contributed by atoms with Gasteiger partial charge in [0.05, 0.1) is 6.10 Å². The summed E-state index contributed by atoms with van der Waals surface area (Å²) >= 11 is 1.62. The monoisotopic (exact) mass is 373 g/mol. The van der Waals surface area contributed by atoms with Crippen LogP contribution in [0.5, 0.6) is 5.75 Å². The summed E-state index contributed by atoms with van der Waals surface area (Å²) < 4.78 is 5.61. The number of ketones is 1. The molecule has 1 N–H and O–H groups in total. The summed E-state index contributed by atoms with van der Waals surface area (Å²) in [6, 6.07) is 9.82. The number of carbonyl (C=O) groups is 2. The molecule has 0 saturated carbocycles. The lowest BCUT2D eigenvalue weighted by atomic mass is 10.1. The molecule has 0 aliphatic carbocycles. The van der Waals surface area contributed by atoms with E-state index in [1.165, 1.54) is 0 Å². The standard InChI is InChI=1S/C21H27NO3S/c1-14(2)25-18-7-5-17(6-8-18)11-12-22-21(24)10-9-20(23)19-13-15(3)26-16(19)4/h5-8,13-14H,9-12H2,1-4H3,(H,22,24). The van der Waals surface area contributed by atoms with E-state index in [1.807, 2.05) is 58.0 Å². The van der Waals surface area contributed by atoms with Crippen molar-refractivity contribution in [1.29, 1.82) is 0 Å². The van der Waals surface area contributed by atoms with Crippen molar-refractivity contribution in [2.45, 2.75) is 53.1 Å². The second kappa shape index (κ2) is 9.53. The Balaban J connectivity index is 1.70. The van der Waals surface area contributed by atoms with E-state index in [0.717, 1.165) is 33.1 Å². The number of rotatable bonds is 9. The van der Waals surface area contributed by atoms with Crippen molar-refractivity contribution in [3.05, 3.63) is 51.2 Å². The first-order chi connectivity index (χ1) is 12.3. The van der Waals surface area contributed by atoms with Gasteiger partial charge in [0.25, 0.3) is 0 Å². The maximum Gasteiger partial charge on any atom is 0.220 e. The maximum atomic E-state index is 12.2. The summed E-state index contributed by atoms with van der Waals surface area (Å²) in [6.07, 6.45) is 1.40. The van der Waals surface area contributed by atoms with Gasteiger partial charge in [-0.2, -0.15) is 0 Å². The van der Waals surface area contributed by atoms with Gasteiger partial charge in [-0.05, 0) is 57.9 Å². The van der Waals surface area contributed by atoms with Crippen molar-refractivity contribution in [3.63, 3.8) is 0 Å². The van der Waals surface area contributed by atoms with Crippen LogP contribution in [-0.2, 0) is 11.2 Å². The molecule has 0 fully saturated rings. The average molecular weight is 374 g/mol. The fourth-order valence-electron chi connectivity index (χ4n) is 2.71. The third kappa shape index (κ3) is 6.30. The zero-order valence-electron chi connectivity index (χ0n) is 15.9. The normalized spacial score (nSPS) is 10.8. The Hall–Kier alpha value is -2.14. The molecule has 26 heavy (non-hydrogen) atoms. The Morgan fingerprint density at radius 1 is 1.12 bits per heavy atom. The summed E-state index contributed by atoms with van der Waals surface area (Å²) in [5.74, 6) is 0.815. The van der Waals surface area contributed by atoms with Crippen molar-refractivity contribution in [2.75, 3.05) is 6.54 Å². The molecule has 0 unspecified atom stereocenters. The number of ether oxygens (including phenoxy) is 1. The molecule has 0 aliphatic heterocycles. The molecule has 1 aromatic heterocycles. The molecule has 1 heterocycles. The summed E-state index contributed by atoms with van der Waals surface area (Å²) in [6.45, 7) is 8.49. The van der Waals surface area contributed by atoms with Gasteiger partial charge in [0.15, 0.2) is 5.78 Å². The number of aryl methyl sites for hydroxylation is 2. The minimum Gasteiger partial charge on any atom is -0.491 e. The van der Waals surface area contributed by atoms with Crippen LogP contribution < -0.4 is 10.1 Å². The molecule has 2 aromatic rings.